The first-order valence-electron chi connectivity index (χ1n) is 6.99. The molecule has 3 rings (SSSR count). The van der Waals surface area contributed by atoms with E-state index in [1.807, 2.05) is 11.8 Å². The molecule has 0 saturated carbocycles. The fraction of sp³-hybridized carbons (Fsp3) is 0.222. The van der Waals surface area contributed by atoms with Gasteiger partial charge in [-0.05, 0) is 49.1 Å². The SMILES string of the molecule is Cc1ccc2c(c1)C(=CCC(C)N)c1ccccc1S2.I. The Morgan fingerprint density at radius 1 is 1.10 bits per heavy atom. The second kappa shape index (κ2) is 6.99. The van der Waals surface area contributed by atoms with Gasteiger partial charge in [-0.2, -0.15) is 0 Å². The number of nitrogens with two attached hydrogens (primary N) is 1. The molecule has 0 fully saturated rings. The van der Waals surface area contributed by atoms with Crippen LogP contribution in [0.5, 0.6) is 0 Å². The fourth-order valence-corrected chi connectivity index (χ4v) is 3.60. The van der Waals surface area contributed by atoms with Gasteiger partial charge in [-0.15, -0.1) is 24.0 Å². The third-order valence-electron chi connectivity index (χ3n) is 3.52. The third kappa shape index (κ3) is 3.52. The quantitative estimate of drug-likeness (QED) is 0.586. The molecule has 2 aromatic carbocycles. The molecule has 0 aliphatic carbocycles. The molecule has 2 N–H and O–H groups in total. The first-order valence-corrected chi connectivity index (χ1v) is 7.81. The second-order valence-corrected chi connectivity index (χ2v) is 6.51. The Morgan fingerprint density at radius 3 is 2.57 bits per heavy atom. The van der Waals surface area contributed by atoms with Crippen LogP contribution in [-0.4, -0.2) is 6.04 Å². The maximum atomic E-state index is 5.93. The van der Waals surface area contributed by atoms with Gasteiger partial charge in [-0.3, -0.25) is 0 Å². The van der Waals surface area contributed by atoms with Crippen molar-refractivity contribution in [3.8, 4) is 0 Å². The zero-order valence-corrected chi connectivity index (χ0v) is 15.4. The molecule has 0 spiro atoms. The van der Waals surface area contributed by atoms with E-state index < -0.39 is 0 Å². The first-order chi connectivity index (χ1) is 9.65. The van der Waals surface area contributed by atoms with Crippen molar-refractivity contribution in [2.75, 3.05) is 0 Å². The highest BCUT2D eigenvalue weighted by atomic mass is 127. The minimum absolute atomic E-state index is 0. The molecule has 0 saturated heterocycles. The standard InChI is InChI=1S/C18H19NS.HI/c1-12-7-10-18-16(11-12)14(9-8-13(2)19)15-5-3-4-6-17(15)20-18;/h3-7,9-11,13H,8,19H2,1-2H3;1H. The van der Waals surface area contributed by atoms with Gasteiger partial charge in [0, 0.05) is 15.8 Å². The van der Waals surface area contributed by atoms with Gasteiger partial charge < -0.3 is 5.73 Å². The summed E-state index contributed by atoms with van der Waals surface area (Å²) in [5, 5.41) is 0. The van der Waals surface area contributed by atoms with Crippen molar-refractivity contribution in [3.05, 3.63) is 65.2 Å². The van der Waals surface area contributed by atoms with E-state index in [2.05, 4.69) is 62.4 Å². The van der Waals surface area contributed by atoms with E-state index in [0.717, 1.165) is 6.42 Å². The van der Waals surface area contributed by atoms with Crippen LogP contribution in [0.2, 0.25) is 0 Å². The van der Waals surface area contributed by atoms with Gasteiger partial charge in [0.2, 0.25) is 0 Å². The highest BCUT2D eigenvalue weighted by Crippen LogP contribution is 2.45. The average Bonchev–Trinajstić information content (AvgIpc) is 2.43. The van der Waals surface area contributed by atoms with Crippen LogP contribution in [0.25, 0.3) is 5.57 Å². The van der Waals surface area contributed by atoms with Gasteiger partial charge in [0.15, 0.2) is 0 Å². The summed E-state index contributed by atoms with van der Waals surface area (Å²) < 4.78 is 0. The molecule has 1 atom stereocenters. The number of aryl methyl sites for hydroxylation is 1. The minimum atomic E-state index is 0. The smallest absolute Gasteiger partial charge is 0.0201 e. The zero-order valence-electron chi connectivity index (χ0n) is 12.3. The summed E-state index contributed by atoms with van der Waals surface area (Å²) in [7, 11) is 0. The molecule has 3 heteroatoms. The number of benzene rings is 2. The summed E-state index contributed by atoms with van der Waals surface area (Å²) in [4.78, 5) is 2.67. The van der Waals surface area contributed by atoms with E-state index in [4.69, 9.17) is 5.73 Å². The molecule has 1 aliphatic heterocycles. The Kier molecular flexibility index (Phi) is 5.52. The lowest BCUT2D eigenvalue weighted by molar-refractivity contribution is 0.758. The molecule has 0 aromatic heterocycles. The lowest BCUT2D eigenvalue weighted by atomic mass is 9.94. The number of fused-ring (bicyclic) bond motifs is 2. The Morgan fingerprint density at radius 2 is 1.81 bits per heavy atom. The van der Waals surface area contributed by atoms with Crippen molar-refractivity contribution in [3.63, 3.8) is 0 Å². The highest BCUT2D eigenvalue weighted by molar-refractivity contribution is 14.0. The lowest BCUT2D eigenvalue weighted by Gasteiger charge is -2.22. The Bertz CT molecular complexity index is 677. The number of halogens is 1. The van der Waals surface area contributed by atoms with E-state index in [0.29, 0.717) is 0 Å². The second-order valence-electron chi connectivity index (χ2n) is 5.43. The van der Waals surface area contributed by atoms with Crippen LogP contribution >= 0.6 is 35.7 Å². The third-order valence-corrected chi connectivity index (χ3v) is 4.67. The summed E-state index contributed by atoms with van der Waals surface area (Å²) in [5.41, 5.74) is 11.2. The summed E-state index contributed by atoms with van der Waals surface area (Å²) >= 11 is 1.86. The number of rotatable bonds is 2. The summed E-state index contributed by atoms with van der Waals surface area (Å²) in [6.45, 7) is 4.20. The predicted octanol–water partition coefficient (Wildman–Crippen LogP) is 5.25. The van der Waals surface area contributed by atoms with Crippen molar-refractivity contribution in [1.29, 1.82) is 0 Å². The van der Waals surface area contributed by atoms with Crippen molar-refractivity contribution < 1.29 is 0 Å². The van der Waals surface area contributed by atoms with Crippen LogP contribution < -0.4 is 5.73 Å². The molecule has 0 bridgehead atoms. The summed E-state index contributed by atoms with van der Waals surface area (Å²) in [6.07, 6.45) is 3.20. The van der Waals surface area contributed by atoms with Crippen LogP contribution in [0.1, 0.15) is 30.0 Å². The highest BCUT2D eigenvalue weighted by Gasteiger charge is 2.20. The van der Waals surface area contributed by atoms with Crippen LogP contribution in [-0.2, 0) is 0 Å². The topological polar surface area (TPSA) is 26.0 Å². The van der Waals surface area contributed by atoms with Crippen LogP contribution in [0.15, 0.2) is 58.3 Å². The molecule has 0 radical (unpaired) electrons. The zero-order chi connectivity index (χ0) is 14.1. The van der Waals surface area contributed by atoms with Gasteiger partial charge in [0.05, 0.1) is 0 Å². The molecular formula is C18H20INS. The molecule has 1 unspecified atom stereocenters. The maximum absolute atomic E-state index is 5.93. The number of hydrogen-bond acceptors (Lipinski definition) is 2. The molecule has 1 nitrogen and oxygen atoms in total. The van der Waals surface area contributed by atoms with Crippen molar-refractivity contribution in [2.24, 2.45) is 5.73 Å². The van der Waals surface area contributed by atoms with Gasteiger partial charge >= 0.3 is 0 Å². The molecule has 2 aromatic rings. The molecule has 110 valence electrons. The van der Waals surface area contributed by atoms with Gasteiger partial charge in [0.25, 0.3) is 0 Å². The molecular weight excluding hydrogens is 389 g/mol. The van der Waals surface area contributed by atoms with Crippen LogP contribution in [0.3, 0.4) is 0 Å². The normalized spacial score (nSPS) is 15.9. The Balaban J connectivity index is 0.00000161. The largest absolute Gasteiger partial charge is 0.328 e. The summed E-state index contributed by atoms with van der Waals surface area (Å²) in [6, 6.07) is 15.5. The van der Waals surface area contributed by atoms with Crippen molar-refractivity contribution in [1.82, 2.24) is 0 Å². The van der Waals surface area contributed by atoms with E-state index in [1.54, 1.807) is 0 Å². The van der Waals surface area contributed by atoms with E-state index in [-0.39, 0.29) is 30.0 Å². The van der Waals surface area contributed by atoms with Crippen LogP contribution in [0, 0.1) is 6.92 Å². The fourth-order valence-electron chi connectivity index (χ4n) is 2.51. The van der Waals surface area contributed by atoms with E-state index in [1.165, 1.54) is 32.1 Å². The predicted molar refractivity (Wildman–Crippen MR) is 103 cm³/mol. The molecule has 21 heavy (non-hydrogen) atoms. The monoisotopic (exact) mass is 409 g/mol. The van der Waals surface area contributed by atoms with Gasteiger partial charge in [-0.25, -0.2) is 0 Å². The van der Waals surface area contributed by atoms with Crippen molar-refractivity contribution in [2.45, 2.75) is 36.1 Å². The lowest BCUT2D eigenvalue weighted by Crippen LogP contribution is -2.13. The van der Waals surface area contributed by atoms with Crippen LogP contribution in [0.4, 0.5) is 0 Å². The Hall–Kier alpha value is -0.780. The van der Waals surface area contributed by atoms with E-state index >= 15 is 0 Å². The average molecular weight is 409 g/mol. The number of hydrogen-bond donors (Lipinski definition) is 1. The van der Waals surface area contributed by atoms with Gasteiger partial charge in [-0.1, -0.05) is 53.7 Å². The molecule has 1 heterocycles. The molecule has 0 amide bonds. The Labute approximate surface area is 148 Å². The minimum Gasteiger partial charge on any atom is -0.328 e. The maximum Gasteiger partial charge on any atom is 0.0201 e. The molecule has 1 aliphatic rings. The summed E-state index contributed by atoms with van der Waals surface area (Å²) in [5.74, 6) is 0. The van der Waals surface area contributed by atoms with E-state index in [9.17, 15) is 0 Å². The first kappa shape index (κ1) is 16.6. The van der Waals surface area contributed by atoms with Gasteiger partial charge in [0.1, 0.15) is 0 Å². The van der Waals surface area contributed by atoms with Crippen molar-refractivity contribution >= 4 is 41.3 Å².